The smallest absolute Gasteiger partial charge is 0.341 e. The number of hydrogen-bond acceptors (Lipinski definition) is 3. The zero-order valence-electron chi connectivity index (χ0n) is 9.97. The lowest BCUT2D eigenvalue weighted by Crippen LogP contribution is -2.34. The first-order chi connectivity index (χ1) is 7.58. The number of rotatable bonds is 1. The van der Waals surface area contributed by atoms with E-state index in [2.05, 4.69) is 6.92 Å². The van der Waals surface area contributed by atoms with Gasteiger partial charge in [0.1, 0.15) is 5.57 Å². The largest absolute Gasteiger partial charge is 0.465 e. The molecule has 0 radical (unpaired) electrons. The second kappa shape index (κ2) is 4.04. The molecule has 0 heterocycles. The molecule has 3 heteroatoms. The van der Waals surface area contributed by atoms with Crippen LogP contribution in [-0.4, -0.2) is 18.9 Å². The van der Waals surface area contributed by atoms with Gasteiger partial charge in [0.25, 0.3) is 0 Å². The van der Waals surface area contributed by atoms with E-state index in [1.807, 2.05) is 0 Å². The van der Waals surface area contributed by atoms with Crippen molar-refractivity contribution < 1.29 is 14.3 Å². The molecule has 88 valence electrons. The van der Waals surface area contributed by atoms with Crippen molar-refractivity contribution in [2.24, 2.45) is 5.41 Å². The van der Waals surface area contributed by atoms with Gasteiger partial charge in [-0.25, -0.2) is 4.79 Å². The number of allylic oxidation sites excluding steroid dienone is 1. The van der Waals surface area contributed by atoms with Gasteiger partial charge in [-0.1, -0.05) is 13.3 Å². The summed E-state index contributed by atoms with van der Waals surface area (Å²) >= 11 is 0. The quantitative estimate of drug-likeness (QED) is 0.505. The normalized spacial score (nSPS) is 30.0. The summed E-state index contributed by atoms with van der Waals surface area (Å²) in [6, 6.07) is 0. The highest BCUT2D eigenvalue weighted by atomic mass is 16.5. The summed E-state index contributed by atoms with van der Waals surface area (Å²) < 4.78 is 4.74. The SMILES string of the molecule is COC(=O)C1=C2CCCCC2(C)CCC1=O. The molecular weight excluding hydrogens is 204 g/mol. The van der Waals surface area contributed by atoms with Crippen molar-refractivity contribution in [1.82, 2.24) is 0 Å². The zero-order chi connectivity index (χ0) is 11.8. The summed E-state index contributed by atoms with van der Waals surface area (Å²) in [4.78, 5) is 23.5. The molecule has 0 N–H and O–H groups in total. The lowest BCUT2D eigenvalue weighted by atomic mass is 9.64. The first-order valence-corrected chi connectivity index (χ1v) is 5.93. The number of carbonyl (C=O) groups excluding carboxylic acids is 2. The molecule has 0 aromatic carbocycles. The Morgan fingerprint density at radius 1 is 1.25 bits per heavy atom. The van der Waals surface area contributed by atoms with Crippen LogP contribution in [0.15, 0.2) is 11.1 Å². The van der Waals surface area contributed by atoms with Gasteiger partial charge in [0.2, 0.25) is 0 Å². The molecule has 0 aromatic rings. The van der Waals surface area contributed by atoms with E-state index in [9.17, 15) is 9.59 Å². The van der Waals surface area contributed by atoms with Crippen LogP contribution in [0.5, 0.6) is 0 Å². The van der Waals surface area contributed by atoms with Gasteiger partial charge in [0.05, 0.1) is 7.11 Å². The molecule has 1 unspecified atom stereocenters. The fourth-order valence-corrected chi connectivity index (χ4v) is 2.99. The molecule has 1 atom stereocenters. The summed E-state index contributed by atoms with van der Waals surface area (Å²) in [6.45, 7) is 2.18. The lowest BCUT2D eigenvalue weighted by molar-refractivity contribution is -0.138. The number of fused-ring (bicyclic) bond motifs is 1. The molecule has 16 heavy (non-hydrogen) atoms. The van der Waals surface area contributed by atoms with E-state index in [1.54, 1.807) is 0 Å². The van der Waals surface area contributed by atoms with E-state index in [0.29, 0.717) is 12.0 Å². The Balaban J connectivity index is 2.48. The molecule has 2 aliphatic carbocycles. The van der Waals surface area contributed by atoms with Crippen LogP contribution in [0.2, 0.25) is 0 Å². The van der Waals surface area contributed by atoms with Crippen molar-refractivity contribution in [2.75, 3.05) is 7.11 Å². The first kappa shape index (κ1) is 11.4. The summed E-state index contributed by atoms with van der Waals surface area (Å²) in [5.74, 6) is -0.464. The van der Waals surface area contributed by atoms with Crippen molar-refractivity contribution >= 4 is 11.8 Å². The van der Waals surface area contributed by atoms with Crippen LogP contribution in [0.1, 0.15) is 45.4 Å². The van der Waals surface area contributed by atoms with E-state index < -0.39 is 5.97 Å². The average molecular weight is 222 g/mol. The van der Waals surface area contributed by atoms with E-state index in [0.717, 1.165) is 31.3 Å². The standard InChI is InChI=1S/C13H18O3/c1-13-7-4-3-5-9(13)11(12(15)16-2)10(14)6-8-13/h3-8H2,1-2H3. The third-order valence-corrected chi connectivity index (χ3v) is 4.01. The third-order valence-electron chi connectivity index (χ3n) is 4.01. The number of methoxy groups -OCH3 is 1. The monoisotopic (exact) mass is 222 g/mol. The van der Waals surface area contributed by atoms with Crippen LogP contribution in [0.3, 0.4) is 0 Å². The molecule has 0 aliphatic heterocycles. The predicted octanol–water partition coefficient (Wildman–Crippen LogP) is 2.40. The lowest BCUT2D eigenvalue weighted by Gasteiger charge is -2.40. The Morgan fingerprint density at radius 2 is 2.00 bits per heavy atom. The van der Waals surface area contributed by atoms with Crippen LogP contribution >= 0.6 is 0 Å². The Hall–Kier alpha value is -1.12. The zero-order valence-corrected chi connectivity index (χ0v) is 9.97. The van der Waals surface area contributed by atoms with Gasteiger partial charge in [0, 0.05) is 6.42 Å². The van der Waals surface area contributed by atoms with Crippen molar-refractivity contribution in [2.45, 2.75) is 45.4 Å². The minimum absolute atomic E-state index is 0.0266. The van der Waals surface area contributed by atoms with Crippen molar-refractivity contribution in [1.29, 1.82) is 0 Å². The summed E-state index contributed by atoms with van der Waals surface area (Å²) in [5, 5.41) is 0. The Morgan fingerprint density at radius 3 is 2.69 bits per heavy atom. The molecule has 0 aromatic heterocycles. The topological polar surface area (TPSA) is 43.4 Å². The van der Waals surface area contributed by atoms with E-state index in [-0.39, 0.29) is 11.2 Å². The Labute approximate surface area is 95.9 Å². The van der Waals surface area contributed by atoms with Gasteiger partial charge in [0.15, 0.2) is 5.78 Å². The predicted molar refractivity (Wildman–Crippen MR) is 59.9 cm³/mol. The number of esters is 1. The number of ketones is 1. The number of hydrogen-bond donors (Lipinski definition) is 0. The number of ether oxygens (including phenoxy) is 1. The van der Waals surface area contributed by atoms with Gasteiger partial charge >= 0.3 is 5.97 Å². The Bertz CT molecular complexity index is 367. The second-order valence-electron chi connectivity index (χ2n) is 5.04. The van der Waals surface area contributed by atoms with Crippen LogP contribution < -0.4 is 0 Å². The highest BCUT2D eigenvalue weighted by Gasteiger charge is 2.41. The maximum Gasteiger partial charge on any atom is 0.341 e. The third kappa shape index (κ3) is 1.68. The van der Waals surface area contributed by atoms with E-state index in [1.165, 1.54) is 13.5 Å². The molecule has 0 bridgehead atoms. The van der Waals surface area contributed by atoms with E-state index in [4.69, 9.17) is 4.74 Å². The highest BCUT2D eigenvalue weighted by molar-refractivity contribution is 6.18. The van der Waals surface area contributed by atoms with E-state index >= 15 is 0 Å². The molecule has 0 spiro atoms. The minimum Gasteiger partial charge on any atom is -0.465 e. The van der Waals surface area contributed by atoms with Gasteiger partial charge in [-0.15, -0.1) is 0 Å². The molecule has 3 nitrogen and oxygen atoms in total. The van der Waals surface area contributed by atoms with Crippen LogP contribution in [-0.2, 0) is 14.3 Å². The summed E-state index contributed by atoms with van der Waals surface area (Å²) in [5.41, 5.74) is 1.48. The summed E-state index contributed by atoms with van der Waals surface area (Å²) in [6.07, 6.45) is 5.64. The molecule has 1 fully saturated rings. The van der Waals surface area contributed by atoms with Crippen molar-refractivity contribution in [3.8, 4) is 0 Å². The fourth-order valence-electron chi connectivity index (χ4n) is 2.99. The average Bonchev–Trinajstić information content (AvgIpc) is 2.29. The van der Waals surface area contributed by atoms with Gasteiger partial charge in [-0.3, -0.25) is 4.79 Å². The number of carbonyl (C=O) groups is 2. The molecule has 2 aliphatic rings. The summed E-state index contributed by atoms with van der Waals surface area (Å²) in [7, 11) is 1.35. The second-order valence-corrected chi connectivity index (χ2v) is 5.04. The van der Waals surface area contributed by atoms with Crippen LogP contribution in [0, 0.1) is 5.41 Å². The molecule has 0 saturated heterocycles. The maximum absolute atomic E-state index is 11.8. The molecule has 0 amide bonds. The molecule has 1 saturated carbocycles. The van der Waals surface area contributed by atoms with Gasteiger partial charge in [-0.2, -0.15) is 0 Å². The molecular formula is C13H18O3. The van der Waals surface area contributed by atoms with Crippen LogP contribution in [0.4, 0.5) is 0 Å². The number of Topliss-reactive ketones (excluding diaryl/α,β-unsaturated/α-hetero) is 1. The molecule has 2 rings (SSSR count). The van der Waals surface area contributed by atoms with Crippen molar-refractivity contribution in [3.05, 3.63) is 11.1 Å². The highest BCUT2D eigenvalue weighted by Crippen LogP contribution is 2.48. The minimum atomic E-state index is -0.437. The van der Waals surface area contributed by atoms with Gasteiger partial charge in [-0.05, 0) is 36.7 Å². The first-order valence-electron chi connectivity index (χ1n) is 5.93. The van der Waals surface area contributed by atoms with Crippen molar-refractivity contribution in [3.63, 3.8) is 0 Å². The Kier molecular flexibility index (Phi) is 2.87. The fraction of sp³-hybridized carbons (Fsp3) is 0.692. The maximum atomic E-state index is 11.8. The van der Waals surface area contributed by atoms with Crippen LogP contribution in [0.25, 0.3) is 0 Å². The van der Waals surface area contributed by atoms with Gasteiger partial charge < -0.3 is 4.74 Å².